The van der Waals surface area contributed by atoms with Gasteiger partial charge < -0.3 is 10.5 Å². The third-order valence-corrected chi connectivity index (χ3v) is 3.56. The first-order chi connectivity index (χ1) is 8.49. The Kier molecular flexibility index (Phi) is 3.52. The van der Waals surface area contributed by atoms with Gasteiger partial charge in [0.15, 0.2) is 0 Å². The summed E-state index contributed by atoms with van der Waals surface area (Å²) in [5, 5.41) is 0. The van der Waals surface area contributed by atoms with Crippen LogP contribution in [0.15, 0.2) is 28.9 Å². The van der Waals surface area contributed by atoms with Crippen molar-refractivity contribution >= 4 is 21.6 Å². The van der Waals surface area contributed by atoms with Crippen LogP contribution in [0.3, 0.4) is 0 Å². The molecule has 1 aromatic heterocycles. The van der Waals surface area contributed by atoms with Crippen molar-refractivity contribution in [1.29, 1.82) is 0 Å². The summed E-state index contributed by atoms with van der Waals surface area (Å²) in [6, 6.07) is 4.37. The van der Waals surface area contributed by atoms with Crippen LogP contribution in [-0.4, -0.2) is 4.98 Å². The summed E-state index contributed by atoms with van der Waals surface area (Å²) in [4.78, 5) is 4.09. The SMILES string of the molecule is Cc1ccc(F)cc1Oc1ncc(N)c(C)c1Br. The normalized spacial score (nSPS) is 10.4. The monoisotopic (exact) mass is 310 g/mol. The molecule has 0 unspecified atom stereocenters. The van der Waals surface area contributed by atoms with E-state index in [1.54, 1.807) is 6.07 Å². The Balaban J connectivity index is 2.40. The Morgan fingerprint density at radius 2 is 2.06 bits per heavy atom. The van der Waals surface area contributed by atoms with Crippen LogP contribution >= 0.6 is 15.9 Å². The minimum Gasteiger partial charge on any atom is -0.437 e. The molecule has 1 heterocycles. The lowest BCUT2D eigenvalue weighted by molar-refractivity contribution is 0.451. The zero-order valence-electron chi connectivity index (χ0n) is 10.00. The fourth-order valence-electron chi connectivity index (χ4n) is 1.43. The smallest absolute Gasteiger partial charge is 0.234 e. The van der Waals surface area contributed by atoms with Gasteiger partial charge in [0.25, 0.3) is 0 Å². The second-order valence-electron chi connectivity index (χ2n) is 3.97. The molecule has 0 fully saturated rings. The number of halogens is 2. The molecule has 0 saturated heterocycles. The van der Waals surface area contributed by atoms with Crippen molar-refractivity contribution < 1.29 is 9.13 Å². The Hall–Kier alpha value is -1.62. The highest BCUT2D eigenvalue weighted by Crippen LogP contribution is 2.33. The summed E-state index contributed by atoms with van der Waals surface area (Å²) in [5.41, 5.74) is 7.98. The number of anilines is 1. The number of hydrogen-bond acceptors (Lipinski definition) is 3. The maximum absolute atomic E-state index is 13.2. The molecule has 0 spiro atoms. The fourth-order valence-corrected chi connectivity index (χ4v) is 1.84. The Labute approximate surface area is 113 Å². The van der Waals surface area contributed by atoms with E-state index in [0.29, 0.717) is 21.8 Å². The van der Waals surface area contributed by atoms with Crippen molar-refractivity contribution in [1.82, 2.24) is 4.98 Å². The summed E-state index contributed by atoms with van der Waals surface area (Å²) in [5.74, 6) is 0.460. The number of nitrogens with two attached hydrogens (primary N) is 1. The van der Waals surface area contributed by atoms with Crippen LogP contribution in [0.5, 0.6) is 11.6 Å². The highest BCUT2D eigenvalue weighted by Gasteiger charge is 2.11. The number of rotatable bonds is 2. The van der Waals surface area contributed by atoms with Crippen LogP contribution in [0.1, 0.15) is 11.1 Å². The minimum absolute atomic E-state index is 0.348. The van der Waals surface area contributed by atoms with Gasteiger partial charge in [-0.25, -0.2) is 9.37 Å². The standard InChI is InChI=1S/C13H12BrFN2O/c1-7-3-4-9(15)5-11(7)18-13-12(14)8(2)10(16)6-17-13/h3-6H,16H2,1-2H3. The summed E-state index contributed by atoms with van der Waals surface area (Å²) < 4.78 is 19.4. The topological polar surface area (TPSA) is 48.1 Å². The van der Waals surface area contributed by atoms with Crippen molar-refractivity contribution in [3.63, 3.8) is 0 Å². The molecule has 0 atom stereocenters. The van der Waals surface area contributed by atoms with Crippen LogP contribution in [-0.2, 0) is 0 Å². The molecule has 0 amide bonds. The first-order valence-electron chi connectivity index (χ1n) is 5.33. The third kappa shape index (κ3) is 2.46. The summed E-state index contributed by atoms with van der Waals surface area (Å²) >= 11 is 3.37. The Morgan fingerprint density at radius 3 is 2.78 bits per heavy atom. The molecule has 0 radical (unpaired) electrons. The maximum Gasteiger partial charge on any atom is 0.234 e. The molecule has 2 N–H and O–H groups in total. The molecule has 3 nitrogen and oxygen atoms in total. The average Bonchev–Trinajstić information content (AvgIpc) is 2.34. The van der Waals surface area contributed by atoms with Gasteiger partial charge in [-0.2, -0.15) is 0 Å². The maximum atomic E-state index is 13.2. The van der Waals surface area contributed by atoms with Gasteiger partial charge in [-0.05, 0) is 47.0 Å². The predicted molar refractivity (Wildman–Crippen MR) is 72.3 cm³/mol. The van der Waals surface area contributed by atoms with E-state index in [1.807, 2.05) is 13.8 Å². The van der Waals surface area contributed by atoms with Gasteiger partial charge in [-0.3, -0.25) is 0 Å². The number of aryl methyl sites for hydroxylation is 1. The van der Waals surface area contributed by atoms with Crippen molar-refractivity contribution in [3.05, 3.63) is 45.8 Å². The molecule has 5 heteroatoms. The molecule has 0 aliphatic heterocycles. The summed E-state index contributed by atoms with van der Waals surface area (Å²) in [7, 11) is 0. The predicted octanol–water partition coefficient (Wildman–Crippen LogP) is 3.97. The fraction of sp³-hybridized carbons (Fsp3) is 0.154. The molecular weight excluding hydrogens is 299 g/mol. The first kappa shape index (κ1) is 12.8. The zero-order chi connectivity index (χ0) is 13.3. The van der Waals surface area contributed by atoms with E-state index >= 15 is 0 Å². The number of benzene rings is 1. The van der Waals surface area contributed by atoms with E-state index in [9.17, 15) is 4.39 Å². The van der Waals surface area contributed by atoms with E-state index in [2.05, 4.69) is 20.9 Å². The van der Waals surface area contributed by atoms with Crippen LogP contribution in [0, 0.1) is 19.7 Å². The molecule has 1 aromatic carbocycles. The van der Waals surface area contributed by atoms with E-state index in [4.69, 9.17) is 10.5 Å². The van der Waals surface area contributed by atoms with E-state index in [-0.39, 0.29) is 5.82 Å². The summed E-state index contributed by atoms with van der Waals surface area (Å²) in [6.07, 6.45) is 1.52. The van der Waals surface area contributed by atoms with E-state index < -0.39 is 0 Å². The van der Waals surface area contributed by atoms with Gasteiger partial charge in [0.05, 0.1) is 16.4 Å². The quantitative estimate of drug-likeness (QED) is 0.913. The number of nitrogen functional groups attached to an aromatic ring is 1. The van der Waals surface area contributed by atoms with Gasteiger partial charge in [-0.15, -0.1) is 0 Å². The lowest BCUT2D eigenvalue weighted by Crippen LogP contribution is -1.97. The highest BCUT2D eigenvalue weighted by atomic mass is 79.9. The van der Waals surface area contributed by atoms with Crippen molar-refractivity contribution in [2.45, 2.75) is 13.8 Å². The molecule has 0 saturated carbocycles. The first-order valence-corrected chi connectivity index (χ1v) is 6.13. The molecule has 2 rings (SSSR count). The van der Waals surface area contributed by atoms with Gasteiger partial charge >= 0.3 is 0 Å². The van der Waals surface area contributed by atoms with Gasteiger partial charge in [-0.1, -0.05) is 6.07 Å². The summed E-state index contributed by atoms with van der Waals surface area (Å²) in [6.45, 7) is 3.69. The number of pyridine rings is 1. The van der Waals surface area contributed by atoms with Crippen molar-refractivity contribution in [2.24, 2.45) is 0 Å². The van der Waals surface area contributed by atoms with Crippen LogP contribution in [0.4, 0.5) is 10.1 Å². The van der Waals surface area contributed by atoms with Crippen LogP contribution in [0.25, 0.3) is 0 Å². The second-order valence-corrected chi connectivity index (χ2v) is 4.76. The molecule has 94 valence electrons. The van der Waals surface area contributed by atoms with Gasteiger partial charge in [0.1, 0.15) is 11.6 Å². The molecular formula is C13H12BrFN2O. The van der Waals surface area contributed by atoms with Crippen molar-refractivity contribution in [3.8, 4) is 11.6 Å². The average molecular weight is 311 g/mol. The minimum atomic E-state index is -0.348. The van der Waals surface area contributed by atoms with Gasteiger partial charge in [0, 0.05) is 6.07 Å². The lowest BCUT2D eigenvalue weighted by atomic mass is 10.2. The zero-order valence-corrected chi connectivity index (χ0v) is 11.6. The third-order valence-electron chi connectivity index (χ3n) is 2.63. The molecule has 18 heavy (non-hydrogen) atoms. The lowest BCUT2D eigenvalue weighted by Gasteiger charge is -2.11. The number of nitrogens with zero attached hydrogens (tertiary/aromatic N) is 1. The van der Waals surface area contributed by atoms with Crippen molar-refractivity contribution in [2.75, 3.05) is 5.73 Å². The van der Waals surface area contributed by atoms with Crippen LogP contribution in [0.2, 0.25) is 0 Å². The van der Waals surface area contributed by atoms with Gasteiger partial charge in [0.2, 0.25) is 5.88 Å². The molecule has 0 bridgehead atoms. The number of ether oxygens (including phenoxy) is 1. The molecule has 0 aliphatic carbocycles. The molecule has 0 aliphatic rings. The van der Waals surface area contributed by atoms with Crippen LogP contribution < -0.4 is 10.5 Å². The largest absolute Gasteiger partial charge is 0.437 e. The Morgan fingerprint density at radius 1 is 1.33 bits per heavy atom. The van der Waals surface area contributed by atoms with E-state index in [0.717, 1.165) is 11.1 Å². The Bertz CT molecular complexity index is 602. The second kappa shape index (κ2) is 4.94. The molecule has 2 aromatic rings. The highest BCUT2D eigenvalue weighted by molar-refractivity contribution is 9.10. The van der Waals surface area contributed by atoms with E-state index in [1.165, 1.54) is 18.3 Å². The number of hydrogen-bond donors (Lipinski definition) is 1. The number of aromatic nitrogens is 1.